The van der Waals surface area contributed by atoms with Crippen LogP contribution in [0.5, 0.6) is 5.75 Å². The van der Waals surface area contributed by atoms with E-state index >= 15 is 0 Å². The average Bonchev–Trinajstić information content (AvgIpc) is 2.74. The van der Waals surface area contributed by atoms with E-state index in [4.69, 9.17) is 0 Å². The minimum absolute atomic E-state index is 0.00451. The lowest BCUT2D eigenvalue weighted by atomic mass is 9.68. The van der Waals surface area contributed by atoms with Crippen LogP contribution in [0.3, 0.4) is 0 Å². The van der Waals surface area contributed by atoms with Crippen molar-refractivity contribution in [1.82, 2.24) is 4.98 Å². The second kappa shape index (κ2) is 7.85. The zero-order valence-corrected chi connectivity index (χ0v) is 17.8. The minimum atomic E-state index is -4.91. The Kier molecular flexibility index (Phi) is 5.45. The SMILES string of the molecule is CCc1ccc2c(c1O)[C@H](CC)C[C@](O)(C(F)(F)F)[C@H]2Nc1cccc2[nH]c(=O)ccc12. The van der Waals surface area contributed by atoms with Gasteiger partial charge in [0.15, 0.2) is 5.60 Å². The number of alkyl halides is 3. The van der Waals surface area contributed by atoms with Crippen molar-refractivity contribution >= 4 is 16.6 Å². The van der Waals surface area contributed by atoms with Gasteiger partial charge in [-0.3, -0.25) is 4.79 Å². The fourth-order valence-corrected chi connectivity index (χ4v) is 4.78. The number of anilines is 1. The van der Waals surface area contributed by atoms with Crippen molar-refractivity contribution in [2.24, 2.45) is 0 Å². The number of nitrogens with one attached hydrogen (secondary N) is 2. The summed E-state index contributed by atoms with van der Waals surface area (Å²) in [6.07, 6.45) is -4.60. The average molecular weight is 446 g/mol. The van der Waals surface area contributed by atoms with Gasteiger partial charge >= 0.3 is 6.18 Å². The number of rotatable bonds is 4. The molecule has 1 heterocycles. The number of fused-ring (bicyclic) bond motifs is 2. The Hall–Kier alpha value is -3.00. The molecule has 1 aliphatic carbocycles. The maximum atomic E-state index is 14.3. The number of phenolic OH excluding ortho intramolecular Hbond substituents is 1. The van der Waals surface area contributed by atoms with Gasteiger partial charge in [-0.25, -0.2) is 0 Å². The summed E-state index contributed by atoms with van der Waals surface area (Å²) in [6.45, 7) is 3.61. The number of benzene rings is 2. The van der Waals surface area contributed by atoms with Crippen molar-refractivity contribution in [3.05, 3.63) is 69.5 Å². The molecule has 0 amide bonds. The number of aryl methyl sites for hydroxylation is 1. The Labute approximate surface area is 182 Å². The summed E-state index contributed by atoms with van der Waals surface area (Å²) in [5.74, 6) is -0.653. The lowest BCUT2D eigenvalue weighted by Crippen LogP contribution is -2.55. The molecule has 3 aromatic rings. The fraction of sp³-hybridized carbons (Fsp3) is 0.375. The van der Waals surface area contributed by atoms with E-state index in [0.717, 1.165) is 0 Å². The van der Waals surface area contributed by atoms with Crippen molar-refractivity contribution in [2.75, 3.05) is 5.32 Å². The molecule has 4 N–H and O–H groups in total. The third kappa shape index (κ3) is 3.43. The van der Waals surface area contributed by atoms with Gasteiger partial charge in [0.05, 0.1) is 11.6 Å². The van der Waals surface area contributed by atoms with E-state index in [1.54, 1.807) is 37.3 Å². The van der Waals surface area contributed by atoms with E-state index in [2.05, 4.69) is 10.3 Å². The van der Waals surface area contributed by atoms with Gasteiger partial charge in [-0.05, 0) is 54.5 Å². The first-order valence-electron chi connectivity index (χ1n) is 10.6. The van der Waals surface area contributed by atoms with Gasteiger partial charge in [0.25, 0.3) is 0 Å². The molecule has 0 fully saturated rings. The summed E-state index contributed by atoms with van der Waals surface area (Å²) in [6, 6.07) is 9.32. The van der Waals surface area contributed by atoms with Crippen molar-refractivity contribution in [2.45, 2.75) is 56.8 Å². The van der Waals surface area contributed by atoms with Crippen LogP contribution in [0.4, 0.5) is 18.9 Å². The highest BCUT2D eigenvalue weighted by Crippen LogP contribution is 2.55. The molecule has 170 valence electrons. The number of H-pyrrole nitrogens is 1. The number of hydrogen-bond acceptors (Lipinski definition) is 4. The highest BCUT2D eigenvalue weighted by Gasteiger charge is 2.62. The first-order chi connectivity index (χ1) is 15.1. The molecule has 4 rings (SSSR count). The van der Waals surface area contributed by atoms with E-state index in [0.29, 0.717) is 40.6 Å². The predicted molar refractivity (Wildman–Crippen MR) is 117 cm³/mol. The predicted octanol–water partition coefficient (Wildman–Crippen LogP) is 5.14. The normalized spacial score (nSPS) is 23.2. The summed E-state index contributed by atoms with van der Waals surface area (Å²) in [5, 5.41) is 25.4. The monoisotopic (exact) mass is 446 g/mol. The first kappa shape index (κ1) is 22.2. The number of aromatic amines is 1. The van der Waals surface area contributed by atoms with Crippen LogP contribution >= 0.6 is 0 Å². The second-order valence-electron chi connectivity index (χ2n) is 8.33. The van der Waals surface area contributed by atoms with Gasteiger partial charge in [0.2, 0.25) is 5.56 Å². The number of hydrogen-bond donors (Lipinski definition) is 4. The molecule has 0 saturated heterocycles. The maximum Gasteiger partial charge on any atom is 0.419 e. The third-order valence-electron chi connectivity index (χ3n) is 6.52. The van der Waals surface area contributed by atoms with Crippen LogP contribution < -0.4 is 10.9 Å². The minimum Gasteiger partial charge on any atom is -0.507 e. The molecule has 32 heavy (non-hydrogen) atoms. The summed E-state index contributed by atoms with van der Waals surface area (Å²) >= 11 is 0. The largest absolute Gasteiger partial charge is 0.507 e. The summed E-state index contributed by atoms with van der Waals surface area (Å²) < 4.78 is 42.9. The van der Waals surface area contributed by atoms with E-state index in [1.807, 2.05) is 6.92 Å². The van der Waals surface area contributed by atoms with E-state index in [9.17, 15) is 28.2 Å². The lowest BCUT2D eigenvalue weighted by molar-refractivity contribution is -0.272. The van der Waals surface area contributed by atoms with Crippen LogP contribution in [-0.2, 0) is 6.42 Å². The highest BCUT2D eigenvalue weighted by molar-refractivity contribution is 5.91. The van der Waals surface area contributed by atoms with Gasteiger partial charge in [-0.1, -0.05) is 32.0 Å². The Morgan fingerprint density at radius 1 is 1.16 bits per heavy atom. The molecule has 2 aromatic carbocycles. The lowest BCUT2D eigenvalue weighted by Gasteiger charge is -2.46. The van der Waals surface area contributed by atoms with E-state index < -0.39 is 30.2 Å². The molecule has 0 aliphatic heterocycles. The Bertz CT molecular complexity index is 1220. The molecule has 1 aromatic heterocycles. The van der Waals surface area contributed by atoms with Crippen molar-refractivity contribution in [1.29, 1.82) is 0 Å². The summed E-state index contributed by atoms with van der Waals surface area (Å²) in [5.41, 5.74) is -1.25. The van der Waals surface area contributed by atoms with Crippen LogP contribution in [0.1, 0.15) is 55.3 Å². The third-order valence-corrected chi connectivity index (χ3v) is 6.52. The fourth-order valence-electron chi connectivity index (χ4n) is 4.78. The van der Waals surface area contributed by atoms with Gasteiger partial charge in [-0.2, -0.15) is 13.2 Å². The first-order valence-corrected chi connectivity index (χ1v) is 10.6. The summed E-state index contributed by atoms with van der Waals surface area (Å²) in [4.78, 5) is 14.3. The van der Waals surface area contributed by atoms with E-state index in [1.165, 1.54) is 12.1 Å². The molecule has 3 atom stereocenters. The van der Waals surface area contributed by atoms with E-state index in [-0.39, 0.29) is 16.9 Å². The van der Waals surface area contributed by atoms with Crippen LogP contribution in [-0.4, -0.2) is 27.0 Å². The van der Waals surface area contributed by atoms with Gasteiger partial charge in [0.1, 0.15) is 5.75 Å². The van der Waals surface area contributed by atoms with Crippen LogP contribution in [0.15, 0.2) is 47.3 Å². The molecule has 0 radical (unpaired) electrons. The highest BCUT2D eigenvalue weighted by atomic mass is 19.4. The molecule has 0 unspecified atom stereocenters. The van der Waals surface area contributed by atoms with Crippen molar-refractivity contribution < 1.29 is 23.4 Å². The van der Waals surface area contributed by atoms with Crippen molar-refractivity contribution in [3.63, 3.8) is 0 Å². The molecule has 0 saturated carbocycles. The van der Waals surface area contributed by atoms with Gasteiger partial charge in [0, 0.05) is 22.7 Å². The molecular weight excluding hydrogens is 421 g/mol. The smallest absolute Gasteiger partial charge is 0.419 e. The van der Waals surface area contributed by atoms with Crippen LogP contribution in [0.25, 0.3) is 10.9 Å². The maximum absolute atomic E-state index is 14.3. The number of aromatic nitrogens is 1. The number of pyridine rings is 1. The van der Waals surface area contributed by atoms with Gasteiger partial charge < -0.3 is 20.5 Å². The number of phenols is 1. The number of halogens is 3. The molecule has 8 heteroatoms. The molecule has 1 aliphatic rings. The van der Waals surface area contributed by atoms with Crippen LogP contribution in [0, 0.1) is 0 Å². The second-order valence-corrected chi connectivity index (χ2v) is 8.33. The van der Waals surface area contributed by atoms with Crippen LogP contribution in [0.2, 0.25) is 0 Å². The zero-order chi connectivity index (χ0) is 23.3. The molecule has 0 spiro atoms. The number of aliphatic hydroxyl groups is 1. The zero-order valence-electron chi connectivity index (χ0n) is 17.8. The quantitative estimate of drug-likeness (QED) is 0.447. The Balaban J connectivity index is 1.94. The topological polar surface area (TPSA) is 85.3 Å². The molecular formula is C24H25F3N2O3. The van der Waals surface area contributed by atoms with Gasteiger partial charge in [-0.15, -0.1) is 0 Å². The number of aromatic hydroxyl groups is 1. The Morgan fingerprint density at radius 3 is 2.56 bits per heavy atom. The molecule has 0 bridgehead atoms. The van der Waals surface area contributed by atoms with Crippen molar-refractivity contribution in [3.8, 4) is 5.75 Å². The Morgan fingerprint density at radius 2 is 1.91 bits per heavy atom. The summed E-state index contributed by atoms with van der Waals surface area (Å²) in [7, 11) is 0. The standard InChI is InChI=1S/C24H25F3N2O3/c1-3-13-8-9-16-20(21(13)31)14(4-2)12-23(32,24(25,26)27)22(16)29-18-7-5-6-17-15(18)10-11-19(30)28-17/h5-11,14,22,29,31-32H,3-4,12H2,1-2H3,(H,28,30)/t14-,22+,23-/m1/s1. The molecule has 5 nitrogen and oxygen atoms in total.